The molecule has 17 heavy (non-hydrogen) atoms. The van der Waals surface area contributed by atoms with Gasteiger partial charge in [-0.3, -0.25) is 9.89 Å². The highest BCUT2D eigenvalue weighted by atomic mass is 16.2. The molecule has 1 aliphatic rings. The molecular formula is C13H21N3O. The van der Waals surface area contributed by atoms with E-state index < -0.39 is 0 Å². The van der Waals surface area contributed by atoms with E-state index in [9.17, 15) is 4.79 Å². The first-order chi connectivity index (χ1) is 8.12. The van der Waals surface area contributed by atoms with E-state index in [1.165, 1.54) is 19.3 Å². The fourth-order valence-corrected chi connectivity index (χ4v) is 2.50. The second-order valence-electron chi connectivity index (χ2n) is 5.32. The van der Waals surface area contributed by atoms with Crippen molar-refractivity contribution in [3.8, 4) is 0 Å². The van der Waals surface area contributed by atoms with Crippen molar-refractivity contribution in [3.63, 3.8) is 0 Å². The molecule has 2 N–H and O–H groups in total. The lowest BCUT2D eigenvalue weighted by Gasteiger charge is -2.31. The van der Waals surface area contributed by atoms with Crippen molar-refractivity contribution in [1.29, 1.82) is 0 Å². The second kappa shape index (κ2) is 4.90. The van der Waals surface area contributed by atoms with Gasteiger partial charge in [-0.25, -0.2) is 0 Å². The number of aromatic nitrogens is 2. The lowest BCUT2D eigenvalue weighted by molar-refractivity contribution is -0.132. The van der Waals surface area contributed by atoms with E-state index in [0.29, 0.717) is 6.54 Å². The number of hydrogen-bond donors (Lipinski definition) is 2. The fraction of sp³-hybridized carbons (Fsp3) is 0.692. The summed E-state index contributed by atoms with van der Waals surface area (Å²) in [6.07, 6.45) is 7.43. The van der Waals surface area contributed by atoms with Gasteiger partial charge in [-0.1, -0.05) is 26.2 Å². The average Bonchev–Trinajstić information content (AvgIpc) is 2.73. The third-order valence-corrected chi connectivity index (χ3v) is 3.88. The molecule has 4 heteroatoms. The fourth-order valence-electron chi connectivity index (χ4n) is 2.50. The Hall–Kier alpha value is -1.32. The van der Waals surface area contributed by atoms with E-state index in [0.717, 1.165) is 24.1 Å². The van der Waals surface area contributed by atoms with Gasteiger partial charge in [-0.2, -0.15) is 5.10 Å². The van der Waals surface area contributed by atoms with Crippen LogP contribution in [0.5, 0.6) is 0 Å². The Kier molecular flexibility index (Phi) is 3.50. The largest absolute Gasteiger partial charge is 0.351 e. The van der Waals surface area contributed by atoms with E-state index in [2.05, 4.69) is 22.4 Å². The summed E-state index contributed by atoms with van der Waals surface area (Å²) < 4.78 is 0. The van der Waals surface area contributed by atoms with Crippen LogP contribution in [0.2, 0.25) is 0 Å². The number of H-pyrrole nitrogens is 1. The van der Waals surface area contributed by atoms with Gasteiger partial charge in [0.15, 0.2) is 0 Å². The number of carbonyl (C=O) groups excluding carboxylic acids is 1. The second-order valence-corrected chi connectivity index (χ2v) is 5.32. The molecular weight excluding hydrogens is 214 g/mol. The molecule has 1 aliphatic carbocycles. The summed E-state index contributed by atoms with van der Waals surface area (Å²) in [6, 6.07) is 0. The van der Waals surface area contributed by atoms with Crippen LogP contribution in [0.3, 0.4) is 0 Å². The number of aromatic amines is 1. The van der Waals surface area contributed by atoms with Gasteiger partial charge < -0.3 is 5.32 Å². The summed E-state index contributed by atoms with van der Waals surface area (Å²) in [7, 11) is 0. The van der Waals surface area contributed by atoms with Crippen molar-refractivity contribution in [1.82, 2.24) is 15.5 Å². The summed E-state index contributed by atoms with van der Waals surface area (Å²) in [5.74, 6) is 0.192. The van der Waals surface area contributed by atoms with Gasteiger partial charge in [-0.05, 0) is 19.8 Å². The number of aryl methyl sites for hydroxylation is 1. The number of rotatable bonds is 3. The average molecular weight is 235 g/mol. The zero-order valence-electron chi connectivity index (χ0n) is 10.7. The van der Waals surface area contributed by atoms with E-state index in [1.807, 2.05) is 6.92 Å². The topological polar surface area (TPSA) is 57.8 Å². The standard InChI is InChI=1S/C13H21N3O/c1-10-11(9-15-16-10)8-14-12(17)13(2)6-4-3-5-7-13/h9H,3-8H2,1-2H3,(H,14,17)(H,15,16). The van der Waals surface area contributed by atoms with Gasteiger partial charge in [0.25, 0.3) is 0 Å². The van der Waals surface area contributed by atoms with E-state index in [1.54, 1.807) is 6.20 Å². The molecule has 1 aromatic heterocycles. The van der Waals surface area contributed by atoms with Crippen LogP contribution in [0.15, 0.2) is 6.20 Å². The lowest BCUT2D eigenvalue weighted by Crippen LogP contribution is -2.39. The van der Waals surface area contributed by atoms with Gasteiger partial charge in [0, 0.05) is 23.2 Å². The number of carbonyl (C=O) groups is 1. The highest BCUT2D eigenvalue weighted by molar-refractivity contribution is 5.82. The lowest BCUT2D eigenvalue weighted by atomic mass is 9.75. The maximum absolute atomic E-state index is 12.2. The van der Waals surface area contributed by atoms with Crippen molar-refractivity contribution in [2.24, 2.45) is 5.41 Å². The quantitative estimate of drug-likeness (QED) is 0.844. The van der Waals surface area contributed by atoms with Gasteiger partial charge >= 0.3 is 0 Å². The molecule has 1 fully saturated rings. The molecule has 2 rings (SSSR count). The molecule has 0 atom stereocenters. The van der Waals surface area contributed by atoms with E-state index in [4.69, 9.17) is 0 Å². The Morgan fingerprint density at radius 1 is 1.47 bits per heavy atom. The third kappa shape index (κ3) is 2.68. The van der Waals surface area contributed by atoms with Crippen LogP contribution in [-0.2, 0) is 11.3 Å². The molecule has 94 valence electrons. The number of hydrogen-bond acceptors (Lipinski definition) is 2. The monoisotopic (exact) mass is 235 g/mol. The SMILES string of the molecule is Cc1[nH]ncc1CNC(=O)C1(C)CCCCC1. The first kappa shape index (κ1) is 12.1. The van der Waals surface area contributed by atoms with Crippen LogP contribution in [-0.4, -0.2) is 16.1 Å². The molecule has 0 unspecified atom stereocenters. The van der Waals surface area contributed by atoms with Gasteiger partial charge in [0.2, 0.25) is 5.91 Å². The molecule has 1 saturated carbocycles. The van der Waals surface area contributed by atoms with Crippen LogP contribution in [0.1, 0.15) is 50.3 Å². The molecule has 4 nitrogen and oxygen atoms in total. The predicted octanol–water partition coefficient (Wildman–Crippen LogP) is 2.30. The molecule has 0 aromatic carbocycles. The van der Waals surface area contributed by atoms with Crippen molar-refractivity contribution < 1.29 is 4.79 Å². The molecule has 0 saturated heterocycles. The van der Waals surface area contributed by atoms with Crippen LogP contribution < -0.4 is 5.32 Å². The minimum Gasteiger partial charge on any atom is -0.351 e. The van der Waals surface area contributed by atoms with Crippen LogP contribution in [0.25, 0.3) is 0 Å². The molecule has 0 radical (unpaired) electrons. The maximum Gasteiger partial charge on any atom is 0.226 e. The minimum absolute atomic E-state index is 0.157. The van der Waals surface area contributed by atoms with Crippen molar-refractivity contribution in [2.45, 2.75) is 52.5 Å². The van der Waals surface area contributed by atoms with Crippen molar-refractivity contribution >= 4 is 5.91 Å². The number of amides is 1. The van der Waals surface area contributed by atoms with Crippen molar-refractivity contribution in [3.05, 3.63) is 17.5 Å². The Morgan fingerprint density at radius 3 is 2.76 bits per heavy atom. The Balaban J connectivity index is 1.91. The predicted molar refractivity (Wildman–Crippen MR) is 66.4 cm³/mol. The van der Waals surface area contributed by atoms with Crippen molar-refractivity contribution in [2.75, 3.05) is 0 Å². The van der Waals surface area contributed by atoms with E-state index >= 15 is 0 Å². The van der Waals surface area contributed by atoms with Gasteiger partial charge in [0.1, 0.15) is 0 Å². The number of nitrogens with zero attached hydrogens (tertiary/aromatic N) is 1. The first-order valence-electron chi connectivity index (χ1n) is 6.39. The molecule has 1 amide bonds. The van der Waals surface area contributed by atoms with Gasteiger partial charge in [0.05, 0.1) is 6.20 Å². The highest BCUT2D eigenvalue weighted by Crippen LogP contribution is 2.35. The Morgan fingerprint density at radius 2 is 2.18 bits per heavy atom. The highest BCUT2D eigenvalue weighted by Gasteiger charge is 2.34. The zero-order valence-corrected chi connectivity index (χ0v) is 10.7. The van der Waals surface area contributed by atoms with Gasteiger partial charge in [-0.15, -0.1) is 0 Å². The van der Waals surface area contributed by atoms with Crippen LogP contribution >= 0.6 is 0 Å². The molecule has 0 spiro atoms. The smallest absolute Gasteiger partial charge is 0.226 e. The number of nitrogens with one attached hydrogen (secondary N) is 2. The summed E-state index contributed by atoms with van der Waals surface area (Å²) in [5.41, 5.74) is 1.94. The molecule has 0 aliphatic heterocycles. The van der Waals surface area contributed by atoms with Crippen LogP contribution in [0, 0.1) is 12.3 Å². The molecule has 1 aromatic rings. The molecule has 0 bridgehead atoms. The first-order valence-corrected chi connectivity index (χ1v) is 6.39. The summed E-state index contributed by atoms with van der Waals surface area (Å²) in [5, 5.41) is 9.87. The maximum atomic E-state index is 12.2. The summed E-state index contributed by atoms with van der Waals surface area (Å²) in [4.78, 5) is 12.2. The van der Waals surface area contributed by atoms with Crippen LogP contribution in [0.4, 0.5) is 0 Å². The summed E-state index contributed by atoms with van der Waals surface area (Å²) >= 11 is 0. The Bertz CT molecular complexity index is 391. The minimum atomic E-state index is -0.157. The summed E-state index contributed by atoms with van der Waals surface area (Å²) in [6.45, 7) is 4.64. The van der Waals surface area contributed by atoms with E-state index in [-0.39, 0.29) is 11.3 Å². The Labute approximate surface area is 102 Å². The zero-order chi connectivity index (χ0) is 12.3. The third-order valence-electron chi connectivity index (χ3n) is 3.88. The normalized spacial score (nSPS) is 18.9. The molecule has 1 heterocycles.